The van der Waals surface area contributed by atoms with Crippen LogP contribution in [0.5, 0.6) is 0 Å². The molecule has 2 aliphatic rings. The van der Waals surface area contributed by atoms with Crippen molar-refractivity contribution >= 4 is 22.5 Å². The smallest absolute Gasteiger partial charge is 0.258 e. The van der Waals surface area contributed by atoms with E-state index in [1.807, 2.05) is 12.1 Å². The zero-order valence-electron chi connectivity index (χ0n) is 14.9. The molecule has 4 rings (SSSR count). The lowest BCUT2D eigenvalue weighted by molar-refractivity contribution is -0.140. The minimum atomic E-state index is -0.999. The van der Waals surface area contributed by atoms with Crippen molar-refractivity contribution in [1.82, 2.24) is 20.6 Å². The Morgan fingerprint density at radius 3 is 2.88 bits per heavy atom. The SMILES string of the molecule is CNC(=O)C1(C)C=C(c2ccc3c(C)nn(C4CCCC4)c3c2)NO1. The van der Waals surface area contributed by atoms with E-state index in [0.717, 1.165) is 22.5 Å². The lowest BCUT2D eigenvalue weighted by Gasteiger charge is -2.17. The molecule has 0 spiro atoms. The first-order valence-corrected chi connectivity index (χ1v) is 8.90. The van der Waals surface area contributed by atoms with Crippen LogP contribution in [-0.2, 0) is 9.63 Å². The van der Waals surface area contributed by atoms with Crippen LogP contribution in [0.2, 0.25) is 0 Å². The third-order valence-electron chi connectivity index (χ3n) is 5.34. The number of aryl methyl sites for hydroxylation is 1. The monoisotopic (exact) mass is 340 g/mol. The average Bonchev–Trinajstić information content (AvgIpc) is 3.34. The maximum Gasteiger partial charge on any atom is 0.258 e. The molecule has 2 aromatic rings. The van der Waals surface area contributed by atoms with Crippen molar-refractivity contribution in [3.05, 3.63) is 35.5 Å². The van der Waals surface area contributed by atoms with Crippen LogP contribution in [0.4, 0.5) is 0 Å². The van der Waals surface area contributed by atoms with Crippen LogP contribution in [0.15, 0.2) is 24.3 Å². The molecule has 2 N–H and O–H groups in total. The number of hydrogen-bond donors (Lipinski definition) is 2. The molecule has 2 heterocycles. The lowest BCUT2D eigenvalue weighted by Crippen LogP contribution is -2.42. The first-order valence-electron chi connectivity index (χ1n) is 8.90. The number of nitrogens with one attached hydrogen (secondary N) is 2. The molecule has 1 aliphatic heterocycles. The zero-order chi connectivity index (χ0) is 17.6. The molecule has 132 valence electrons. The van der Waals surface area contributed by atoms with E-state index in [2.05, 4.69) is 34.5 Å². The third-order valence-corrected chi connectivity index (χ3v) is 5.34. The first-order chi connectivity index (χ1) is 12.0. The standard InChI is InChI=1S/C19H24N4O2/c1-12-15-9-8-13(16-11-19(2,25-22-16)18(24)20-3)10-17(15)23(21-12)14-6-4-5-7-14/h8-11,14,22H,4-7H2,1-3H3,(H,20,24). The molecule has 1 aromatic carbocycles. The van der Waals surface area contributed by atoms with Gasteiger partial charge in [-0.15, -0.1) is 0 Å². The number of carbonyl (C=O) groups is 1. The van der Waals surface area contributed by atoms with Gasteiger partial charge in [-0.25, -0.2) is 0 Å². The Kier molecular flexibility index (Phi) is 3.80. The Bertz CT molecular complexity index is 864. The van der Waals surface area contributed by atoms with Gasteiger partial charge >= 0.3 is 0 Å². The maximum atomic E-state index is 12.0. The summed E-state index contributed by atoms with van der Waals surface area (Å²) in [5.41, 5.74) is 5.93. The van der Waals surface area contributed by atoms with Crippen LogP contribution >= 0.6 is 0 Å². The normalized spacial score (nSPS) is 23.7. The van der Waals surface area contributed by atoms with Crippen molar-refractivity contribution in [1.29, 1.82) is 0 Å². The van der Waals surface area contributed by atoms with Crippen LogP contribution in [0.1, 0.15) is 49.9 Å². The quantitative estimate of drug-likeness (QED) is 0.901. The molecular weight excluding hydrogens is 316 g/mol. The Morgan fingerprint density at radius 1 is 1.40 bits per heavy atom. The highest BCUT2D eigenvalue weighted by molar-refractivity contribution is 5.91. The molecule has 1 fully saturated rings. The summed E-state index contributed by atoms with van der Waals surface area (Å²) in [7, 11) is 1.61. The van der Waals surface area contributed by atoms with Gasteiger partial charge in [0.05, 0.1) is 22.9 Å². The number of rotatable bonds is 3. The summed E-state index contributed by atoms with van der Waals surface area (Å²) in [6, 6.07) is 6.79. The number of likely N-dealkylation sites (N-methyl/N-ethyl adjacent to an activating group) is 1. The fraction of sp³-hybridized carbons (Fsp3) is 0.474. The van der Waals surface area contributed by atoms with Gasteiger partial charge in [0, 0.05) is 18.0 Å². The fourth-order valence-electron chi connectivity index (χ4n) is 3.89. The van der Waals surface area contributed by atoms with Gasteiger partial charge in [-0.3, -0.25) is 19.8 Å². The molecule has 1 aliphatic carbocycles. The molecule has 1 saturated carbocycles. The van der Waals surface area contributed by atoms with Crippen LogP contribution < -0.4 is 10.8 Å². The molecule has 6 nitrogen and oxygen atoms in total. The fourth-order valence-corrected chi connectivity index (χ4v) is 3.89. The number of amides is 1. The second-order valence-corrected chi connectivity index (χ2v) is 7.15. The molecule has 1 aromatic heterocycles. The van der Waals surface area contributed by atoms with Gasteiger partial charge in [-0.2, -0.15) is 5.10 Å². The van der Waals surface area contributed by atoms with Gasteiger partial charge < -0.3 is 5.32 Å². The van der Waals surface area contributed by atoms with Crippen LogP contribution in [0.25, 0.3) is 16.6 Å². The van der Waals surface area contributed by atoms with Crippen LogP contribution in [-0.4, -0.2) is 28.3 Å². The van der Waals surface area contributed by atoms with Crippen LogP contribution in [0.3, 0.4) is 0 Å². The average molecular weight is 340 g/mol. The molecule has 0 saturated heterocycles. The van der Waals surface area contributed by atoms with E-state index < -0.39 is 5.60 Å². The van der Waals surface area contributed by atoms with Gasteiger partial charge in [0.15, 0.2) is 5.60 Å². The molecule has 25 heavy (non-hydrogen) atoms. The zero-order valence-corrected chi connectivity index (χ0v) is 14.9. The lowest BCUT2D eigenvalue weighted by atomic mass is 10.0. The van der Waals surface area contributed by atoms with Gasteiger partial charge in [0.25, 0.3) is 5.91 Å². The topological polar surface area (TPSA) is 68.2 Å². The van der Waals surface area contributed by atoms with Gasteiger partial charge in [-0.05, 0) is 38.8 Å². The number of hydrogen-bond acceptors (Lipinski definition) is 4. The maximum absolute atomic E-state index is 12.0. The minimum Gasteiger partial charge on any atom is -0.356 e. The first kappa shape index (κ1) is 16.1. The van der Waals surface area contributed by atoms with E-state index in [1.165, 1.54) is 31.1 Å². The Balaban J connectivity index is 1.75. The van der Waals surface area contributed by atoms with Gasteiger partial charge in [0.1, 0.15) is 0 Å². The number of nitrogens with zero attached hydrogens (tertiary/aromatic N) is 2. The van der Waals surface area contributed by atoms with Crippen molar-refractivity contribution in [3.63, 3.8) is 0 Å². The number of carbonyl (C=O) groups excluding carboxylic acids is 1. The molecule has 1 unspecified atom stereocenters. The molecule has 6 heteroatoms. The van der Waals surface area contributed by atoms with Crippen molar-refractivity contribution < 1.29 is 9.63 Å². The summed E-state index contributed by atoms with van der Waals surface area (Å²) in [5, 5.41) is 8.61. The van der Waals surface area contributed by atoms with E-state index in [1.54, 1.807) is 14.0 Å². The summed E-state index contributed by atoms with van der Waals surface area (Å²) in [6.45, 7) is 3.81. The molecular formula is C19H24N4O2. The predicted molar refractivity (Wildman–Crippen MR) is 96.6 cm³/mol. The molecule has 0 bridgehead atoms. The Hall–Kier alpha value is -2.34. The summed E-state index contributed by atoms with van der Waals surface area (Å²) in [6.07, 6.45) is 6.76. The van der Waals surface area contributed by atoms with Crippen molar-refractivity contribution in [2.75, 3.05) is 7.05 Å². The van der Waals surface area contributed by atoms with Crippen molar-refractivity contribution in [2.45, 2.75) is 51.2 Å². The Labute approximate surface area is 147 Å². The van der Waals surface area contributed by atoms with Gasteiger partial charge in [0.2, 0.25) is 0 Å². The number of hydroxylamine groups is 1. The highest BCUT2D eigenvalue weighted by Crippen LogP contribution is 2.34. The van der Waals surface area contributed by atoms with E-state index in [0.29, 0.717) is 6.04 Å². The number of fused-ring (bicyclic) bond motifs is 1. The van der Waals surface area contributed by atoms with E-state index in [-0.39, 0.29) is 5.91 Å². The second-order valence-electron chi connectivity index (χ2n) is 7.15. The third kappa shape index (κ3) is 2.61. The predicted octanol–water partition coefficient (Wildman–Crippen LogP) is 2.84. The van der Waals surface area contributed by atoms with E-state index in [4.69, 9.17) is 9.94 Å². The number of aromatic nitrogens is 2. The van der Waals surface area contributed by atoms with Crippen molar-refractivity contribution in [3.8, 4) is 0 Å². The summed E-state index contributed by atoms with van der Waals surface area (Å²) in [5.74, 6) is -0.178. The summed E-state index contributed by atoms with van der Waals surface area (Å²) >= 11 is 0. The number of benzene rings is 1. The van der Waals surface area contributed by atoms with Gasteiger partial charge in [-0.1, -0.05) is 25.0 Å². The largest absolute Gasteiger partial charge is 0.356 e. The van der Waals surface area contributed by atoms with E-state index >= 15 is 0 Å². The summed E-state index contributed by atoms with van der Waals surface area (Å²) in [4.78, 5) is 17.6. The van der Waals surface area contributed by atoms with Crippen molar-refractivity contribution in [2.24, 2.45) is 0 Å². The second kappa shape index (κ2) is 5.88. The van der Waals surface area contributed by atoms with E-state index in [9.17, 15) is 4.79 Å². The molecule has 1 amide bonds. The highest BCUT2D eigenvalue weighted by atomic mass is 16.7. The minimum absolute atomic E-state index is 0.178. The molecule has 1 atom stereocenters. The highest BCUT2D eigenvalue weighted by Gasteiger charge is 2.37. The van der Waals surface area contributed by atoms with Crippen LogP contribution in [0, 0.1) is 6.92 Å². The Morgan fingerprint density at radius 2 is 2.16 bits per heavy atom. The molecule has 0 radical (unpaired) electrons. The summed E-state index contributed by atoms with van der Waals surface area (Å²) < 4.78 is 2.19.